The first-order valence-electron chi connectivity index (χ1n) is 6.97. The third-order valence-corrected chi connectivity index (χ3v) is 4.23. The van der Waals surface area contributed by atoms with Crippen LogP contribution < -0.4 is 5.73 Å². The second kappa shape index (κ2) is 5.74. The molecule has 0 amide bonds. The van der Waals surface area contributed by atoms with E-state index in [2.05, 4.69) is 6.92 Å². The molecule has 3 heteroatoms. The summed E-state index contributed by atoms with van der Waals surface area (Å²) in [7, 11) is 0. The maximum absolute atomic E-state index is 11.9. The van der Waals surface area contributed by atoms with Gasteiger partial charge in [-0.15, -0.1) is 0 Å². The fraction of sp³-hybridized carbons (Fsp3) is 0.562. The van der Waals surface area contributed by atoms with E-state index >= 15 is 0 Å². The highest BCUT2D eigenvalue weighted by atomic mass is 16.5. The maximum Gasteiger partial charge on any atom is 0.307 e. The molecule has 0 heterocycles. The van der Waals surface area contributed by atoms with Gasteiger partial charge in [0.15, 0.2) is 0 Å². The van der Waals surface area contributed by atoms with Crippen LogP contribution in [0.5, 0.6) is 0 Å². The minimum atomic E-state index is -0.439. The summed E-state index contributed by atoms with van der Waals surface area (Å²) >= 11 is 0. The molecule has 104 valence electrons. The Balaban J connectivity index is 1.81. The van der Waals surface area contributed by atoms with E-state index in [1.54, 1.807) is 0 Å². The van der Waals surface area contributed by atoms with Crippen LogP contribution in [0.3, 0.4) is 0 Å². The van der Waals surface area contributed by atoms with Crippen LogP contribution in [0.2, 0.25) is 0 Å². The first-order chi connectivity index (χ1) is 8.99. The number of carbonyl (C=O) groups is 1. The lowest BCUT2D eigenvalue weighted by molar-refractivity contribution is -0.147. The summed E-state index contributed by atoms with van der Waals surface area (Å²) in [6, 6.07) is 9.71. The lowest BCUT2D eigenvalue weighted by Crippen LogP contribution is -2.52. The monoisotopic (exact) mass is 261 g/mol. The Morgan fingerprint density at radius 1 is 1.37 bits per heavy atom. The third kappa shape index (κ3) is 3.57. The summed E-state index contributed by atoms with van der Waals surface area (Å²) in [5.74, 6) is 0.863. The highest BCUT2D eigenvalue weighted by Gasteiger charge is 2.41. The molecule has 1 fully saturated rings. The van der Waals surface area contributed by atoms with E-state index in [1.807, 2.05) is 37.3 Å². The Morgan fingerprint density at radius 3 is 2.58 bits per heavy atom. The molecule has 1 aliphatic carbocycles. The van der Waals surface area contributed by atoms with Crippen LogP contribution in [-0.4, -0.2) is 11.5 Å². The molecular weight excluding hydrogens is 238 g/mol. The highest BCUT2D eigenvalue weighted by Crippen LogP contribution is 2.41. The van der Waals surface area contributed by atoms with Crippen molar-refractivity contribution in [2.75, 3.05) is 0 Å². The van der Waals surface area contributed by atoms with Crippen molar-refractivity contribution in [2.45, 2.75) is 45.3 Å². The Morgan fingerprint density at radius 2 is 2.05 bits per heavy atom. The SMILES string of the molecule is CC1CCC1C(C)(N)CC(=O)OCc1ccccc1. The predicted octanol–water partition coefficient (Wildman–Crippen LogP) is 2.88. The molecule has 1 saturated carbocycles. The van der Waals surface area contributed by atoms with E-state index in [-0.39, 0.29) is 5.97 Å². The number of hydrogen-bond donors (Lipinski definition) is 1. The lowest BCUT2D eigenvalue weighted by atomic mass is 9.64. The zero-order chi connectivity index (χ0) is 13.9. The molecule has 1 aromatic rings. The summed E-state index contributed by atoms with van der Waals surface area (Å²) in [5, 5.41) is 0. The van der Waals surface area contributed by atoms with Gasteiger partial charge in [-0.25, -0.2) is 0 Å². The fourth-order valence-electron chi connectivity index (χ4n) is 2.88. The van der Waals surface area contributed by atoms with Crippen molar-refractivity contribution in [2.24, 2.45) is 17.6 Å². The molecule has 1 aliphatic rings. The van der Waals surface area contributed by atoms with Crippen LogP contribution in [0.1, 0.15) is 38.7 Å². The van der Waals surface area contributed by atoms with Gasteiger partial charge in [0.25, 0.3) is 0 Å². The van der Waals surface area contributed by atoms with E-state index in [4.69, 9.17) is 10.5 Å². The van der Waals surface area contributed by atoms with Gasteiger partial charge in [-0.2, -0.15) is 0 Å². The van der Waals surface area contributed by atoms with Crippen LogP contribution in [0.25, 0.3) is 0 Å². The first-order valence-corrected chi connectivity index (χ1v) is 6.97. The molecule has 0 saturated heterocycles. The zero-order valence-electron chi connectivity index (χ0n) is 11.8. The second-order valence-electron chi connectivity index (χ2n) is 5.99. The molecular formula is C16H23NO2. The molecule has 19 heavy (non-hydrogen) atoms. The number of hydrogen-bond acceptors (Lipinski definition) is 3. The standard InChI is InChI=1S/C16H23NO2/c1-12-8-9-14(12)16(2,17)10-15(18)19-11-13-6-4-3-5-7-13/h3-7,12,14H,8-11,17H2,1-2H3. The number of ether oxygens (including phenoxy) is 1. The number of rotatable bonds is 5. The van der Waals surface area contributed by atoms with E-state index in [0.29, 0.717) is 24.9 Å². The molecule has 0 spiro atoms. The van der Waals surface area contributed by atoms with Crippen molar-refractivity contribution in [3.8, 4) is 0 Å². The first kappa shape index (κ1) is 14.1. The van der Waals surface area contributed by atoms with Gasteiger partial charge >= 0.3 is 5.97 Å². The summed E-state index contributed by atoms with van der Waals surface area (Å²) in [6.45, 7) is 4.50. The summed E-state index contributed by atoms with van der Waals surface area (Å²) in [5.41, 5.74) is 6.85. The van der Waals surface area contributed by atoms with Gasteiger partial charge in [-0.1, -0.05) is 43.7 Å². The zero-order valence-corrected chi connectivity index (χ0v) is 11.8. The number of benzene rings is 1. The topological polar surface area (TPSA) is 52.3 Å². The number of carbonyl (C=O) groups excluding carboxylic acids is 1. The van der Waals surface area contributed by atoms with Gasteiger partial charge in [0.05, 0.1) is 6.42 Å². The normalized spacial score (nSPS) is 25.2. The molecule has 1 aromatic carbocycles. The van der Waals surface area contributed by atoms with Gasteiger partial charge < -0.3 is 10.5 Å². The van der Waals surface area contributed by atoms with E-state index in [0.717, 1.165) is 12.0 Å². The Hall–Kier alpha value is -1.35. The molecule has 0 bridgehead atoms. The van der Waals surface area contributed by atoms with Gasteiger partial charge in [0.1, 0.15) is 6.61 Å². The van der Waals surface area contributed by atoms with Gasteiger partial charge in [0, 0.05) is 5.54 Å². The summed E-state index contributed by atoms with van der Waals surface area (Å²) in [4.78, 5) is 11.9. The molecule has 2 N–H and O–H groups in total. The Labute approximate surface area is 115 Å². The fourth-order valence-corrected chi connectivity index (χ4v) is 2.88. The average molecular weight is 261 g/mol. The maximum atomic E-state index is 11.9. The van der Waals surface area contributed by atoms with Crippen molar-refractivity contribution in [3.63, 3.8) is 0 Å². The molecule has 2 rings (SSSR count). The van der Waals surface area contributed by atoms with Crippen molar-refractivity contribution >= 4 is 5.97 Å². The van der Waals surface area contributed by atoms with Gasteiger partial charge in [-0.3, -0.25) is 4.79 Å². The Bertz CT molecular complexity index is 428. The summed E-state index contributed by atoms with van der Waals surface area (Å²) in [6.07, 6.45) is 2.64. The van der Waals surface area contributed by atoms with Crippen LogP contribution in [0, 0.1) is 11.8 Å². The molecule has 0 aromatic heterocycles. The lowest BCUT2D eigenvalue weighted by Gasteiger charge is -2.44. The van der Waals surface area contributed by atoms with Crippen molar-refractivity contribution in [3.05, 3.63) is 35.9 Å². The minimum Gasteiger partial charge on any atom is -0.461 e. The molecule has 0 aliphatic heterocycles. The van der Waals surface area contributed by atoms with Crippen LogP contribution in [-0.2, 0) is 16.1 Å². The molecule has 3 atom stereocenters. The summed E-state index contributed by atoms with van der Waals surface area (Å²) < 4.78 is 5.30. The van der Waals surface area contributed by atoms with E-state index in [1.165, 1.54) is 6.42 Å². The van der Waals surface area contributed by atoms with Gasteiger partial charge in [0.2, 0.25) is 0 Å². The number of esters is 1. The Kier molecular flexibility index (Phi) is 4.25. The van der Waals surface area contributed by atoms with Gasteiger partial charge in [-0.05, 0) is 30.7 Å². The molecule has 3 nitrogen and oxygen atoms in total. The quantitative estimate of drug-likeness (QED) is 0.829. The predicted molar refractivity (Wildman–Crippen MR) is 75.3 cm³/mol. The molecule has 3 unspecified atom stereocenters. The second-order valence-corrected chi connectivity index (χ2v) is 5.99. The van der Waals surface area contributed by atoms with Crippen molar-refractivity contribution in [1.29, 1.82) is 0 Å². The van der Waals surface area contributed by atoms with Crippen LogP contribution in [0.4, 0.5) is 0 Å². The van der Waals surface area contributed by atoms with E-state index < -0.39 is 5.54 Å². The average Bonchev–Trinajstić information content (AvgIpc) is 2.34. The van der Waals surface area contributed by atoms with Crippen LogP contribution >= 0.6 is 0 Å². The minimum absolute atomic E-state index is 0.201. The largest absolute Gasteiger partial charge is 0.461 e. The van der Waals surface area contributed by atoms with Crippen molar-refractivity contribution in [1.82, 2.24) is 0 Å². The third-order valence-electron chi connectivity index (χ3n) is 4.23. The van der Waals surface area contributed by atoms with Crippen molar-refractivity contribution < 1.29 is 9.53 Å². The molecule has 0 radical (unpaired) electrons. The smallest absolute Gasteiger partial charge is 0.307 e. The number of nitrogens with two attached hydrogens (primary N) is 1. The highest BCUT2D eigenvalue weighted by molar-refractivity contribution is 5.71. The van der Waals surface area contributed by atoms with Crippen LogP contribution in [0.15, 0.2) is 30.3 Å². The van der Waals surface area contributed by atoms with E-state index in [9.17, 15) is 4.79 Å².